The van der Waals surface area contributed by atoms with E-state index in [2.05, 4.69) is 35.9 Å². The molecule has 3 aromatic carbocycles. The van der Waals surface area contributed by atoms with Crippen molar-refractivity contribution in [1.82, 2.24) is 9.97 Å². The number of nitrogens with zero attached hydrogens (tertiary/aromatic N) is 3. The van der Waals surface area contributed by atoms with Crippen LogP contribution in [-0.2, 0) is 16.6 Å². The Morgan fingerprint density at radius 2 is 1.65 bits per heavy atom. The maximum Gasteiger partial charge on any atom is 0.255 e. The van der Waals surface area contributed by atoms with Crippen molar-refractivity contribution in [2.45, 2.75) is 11.5 Å². The molecule has 0 aliphatic heterocycles. The number of aromatic nitrogens is 2. The van der Waals surface area contributed by atoms with Crippen LogP contribution in [0.4, 0.5) is 11.6 Å². The van der Waals surface area contributed by atoms with Crippen molar-refractivity contribution in [1.29, 1.82) is 0 Å². The molecule has 0 atom stereocenters. The smallest absolute Gasteiger partial charge is 0.255 e. The number of benzene rings is 3. The van der Waals surface area contributed by atoms with E-state index in [1.54, 1.807) is 24.3 Å². The van der Waals surface area contributed by atoms with Gasteiger partial charge in [0.25, 0.3) is 5.91 Å². The number of sulfonamides is 1. The van der Waals surface area contributed by atoms with E-state index in [1.165, 1.54) is 36.7 Å². The number of halogens is 1. The summed E-state index contributed by atoms with van der Waals surface area (Å²) in [5, 5.41) is 2.76. The molecule has 1 aromatic heterocycles. The predicted octanol–water partition coefficient (Wildman–Crippen LogP) is 5.46. The molecule has 34 heavy (non-hydrogen) atoms. The predicted molar refractivity (Wildman–Crippen MR) is 132 cm³/mol. The first kappa shape index (κ1) is 23.4. The molecule has 4 aromatic rings. The second-order valence-corrected chi connectivity index (χ2v) is 9.56. The van der Waals surface area contributed by atoms with Gasteiger partial charge in [-0.15, -0.1) is 0 Å². The Morgan fingerprint density at radius 3 is 2.35 bits per heavy atom. The Balaban J connectivity index is 1.38. The van der Waals surface area contributed by atoms with Crippen LogP contribution in [0.3, 0.4) is 0 Å². The molecule has 0 unspecified atom stereocenters. The van der Waals surface area contributed by atoms with Crippen molar-refractivity contribution in [2.75, 3.05) is 5.32 Å². The average Bonchev–Trinajstić information content (AvgIpc) is 2.84. The lowest BCUT2D eigenvalue weighted by molar-refractivity contribution is 0.102. The third-order valence-electron chi connectivity index (χ3n) is 4.57. The maximum atomic E-state index is 12.7. The number of carbonyl (C=O) groups is 1. The van der Waals surface area contributed by atoms with Gasteiger partial charge in [-0.25, -0.2) is 8.42 Å². The molecule has 0 aliphatic carbocycles. The molecule has 0 radical (unpaired) electrons. The van der Waals surface area contributed by atoms with Crippen LogP contribution in [0.15, 0.2) is 101 Å². The fraction of sp³-hybridized carbons (Fsp3) is 0.0417. The quantitative estimate of drug-likeness (QED) is 0.319. The summed E-state index contributed by atoms with van der Waals surface area (Å²) in [6.07, 6.45) is 2.81. The van der Waals surface area contributed by atoms with Crippen LogP contribution in [0, 0.1) is 0 Å². The van der Waals surface area contributed by atoms with Crippen LogP contribution in [0.5, 0.6) is 5.75 Å². The Kier molecular flexibility index (Phi) is 7.19. The molecule has 1 amide bonds. The van der Waals surface area contributed by atoms with Gasteiger partial charge in [-0.3, -0.25) is 9.52 Å². The largest absolute Gasteiger partial charge is 0.489 e. The van der Waals surface area contributed by atoms with Gasteiger partial charge >= 0.3 is 0 Å². The van der Waals surface area contributed by atoms with Crippen molar-refractivity contribution in [3.8, 4) is 5.75 Å². The highest BCUT2D eigenvalue weighted by molar-refractivity contribution is 9.10. The normalized spacial score (nSPS) is 11.0. The first-order valence-corrected chi connectivity index (χ1v) is 12.3. The van der Waals surface area contributed by atoms with E-state index in [1.807, 2.05) is 30.3 Å². The Bertz CT molecular complexity index is 1380. The van der Waals surface area contributed by atoms with Crippen LogP contribution in [0.25, 0.3) is 4.72 Å². The third kappa shape index (κ3) is 6.18. The minimum absolute atomic E-state index is 0.0370. The van der Waals surface area contributed by atoms with Crippen molar-refractivity contribution in [3.05, 3.63) is 112 Å². The second kappa shape index (κ2) is 10.4. The number of hydrogen-bond acceptors (Lipinski definition) is 6. The van der Waals surface area contributed by atoms with Crippen LogP contribution in [-0.4, -0.2) is 24.3 Å². The Morgan fingerprint density at radius 1 is 0.941 bits per heavy atom. The molecule has 0 saturated heterocycles. The molecule has 10 heteroatoms. The highest BCUT2D eigenvalue weighted by Crippen LogP contribution is 2.25. The standard InChI is InChI=1S/C24H19BrN4O4S/c25-19-5-9-21(10-6-19)33-16-17-3-1-4-18(15-17)23(30)28-20-7-11-22(12-8-20)34(31,32)29-24-26-13-2-14-27-24/h1-15H,16H2,(H2,26,27,28,29,30)/p-1. The topological polar surface area (TPSA) is 112 Å². The summed E-state index contributed by atoms with van der Waals surface area (Å²) in [4.78, 5) is 20.2. The Hall–Kier alpha value is -3.76. The Labute approximate surface area is 205 Å². The lowest BCUT2D eigenvalue weighted by Crippen LogP contribution is -2.12. The van der Waals surface area contributed by atoms with Gasteiger partial charge in [0.2, 0.25) is 10.0 Å². The summed E-state index contributed by atoms with van der Waals surface area (Å²) < 4.78 is 35.2. The van der Waals surface area contributed by atoms with Gasteiger partial charge in [0.1, 0.15) is 12.4 Å². The monoisotopic (exact) mass is 537 g/mol. The number of ether oxygens (including phenoxy) is 1. The van der Waals surface area contributed by atoms with E-state index in [0.29, 0.717) is 17.9 Å². The molecule has 1 heterocycles. The second-order valence-electron chi connectivity index (χ2n) is 7.04. The number of rotatable bonds is 8. The molecule has 0 aliphatic rings. The molecular formula is C24H18BrN4O4S-. The van der Waals surface area contributed by atoms with Gasteiger partial charge in [0.05, 0.1) is 4.90 Å². The number of amides is 1. The zero-order chi connectivity index (χ0) is 24.0. The molecule has 0 spiro atoms. The summed E-state index contributed by atoms with van der Waals surface area (Å²) in [6, 6.07) is 21.8. The summed E-state index contributed by atoms with van der Waals surface area (Å²) in [6.45, 7) is 0.309. The molecule has 8 nitrogen and oxygen atoms in total. The van der Waals surface area contributed by atoms with Crippen molar-refractivity contribution < 1.29 is 17.9 Å². The summed E-state index contributed by atoms with van der Waals surface area (Å²) in [5.41, 5.74) is 1.73. The zero-order valence-corrected chi connectivity index (χ0v) is 20.0. The number of carbonyl (C=O) groups excluding carboxylic acids is 1. The van der Waals surface area contributed by atoms with E-state index in [4.69, 9.17) is 4.74 Å². The number of nitrogens with one attached hydrogen (secondary N) is 1. The van der Waals surface area contributed by atoms with E-state index in [0.717, 1.165) is 15.8 Å². The molecule has 0 bridgehead atoms. The van der Waals surface area contributed by atoms with E-state index < -0.39 is 10.0 Å². The minimum atomic E-state index is -3.98. The zero-order valence-electron chi connectivity index (χ0n) is 17.6. The fourth-order valence-corrected chi connectivity index (χ4v) is 4.07. The van der Waals surface area contributed by atoms with Gasteiger partial charge in [-0.1, -0.05) is 34.1 Å². The summed E-state index contributed by atoms with van der Waals surface area (Å²) >= 11 is 3.38. The van der Waals surface area contributed by atoms with Gasteiger partial charge in [0.15, 0.2) is 0 Å². The lowest BCUT2D eigenvalue weighted by Gasteiger charge is -2.13. The highest BCUT2D eigenvalue weighted by atomic mass is 79.9. The highest BCUT2D eigenvalue weighted by Gasteiger charge is 2.13. The lowest BCUT2D eigenvalue weighted by atomic mass is 10.1. The summed E-state index contributed by atoms with van der Waals surface area (Å²) in [7, 11) is -3.98. The molecule has 4 rings (SSSR count). The van der Waals surface area contributed by atoms with Crippen LogP contribution < -0.4 is 10.1 Å². The molecular weight excluding hydrogens is 520 g/mol. The maximum absolute atomic E-state index is 12.7. The minimum Gasteiger partial charge on any atom is -0.489 e. The van der Waals surface area contributed by atoms with Crippen LogP contribution in [0.2, 0.25) is 0 Å². The van der Waals surface area contributed by atoms with Crippen molar-refractivity contribution in [2.24, 2.45) is 0 Å². The van der Waals surface area contributed by atoms with Crippen molar-refractivity contribution in [3.63, 3.8) is 0 Å². The van der Waals surface area contributed by atoms with E-state index in [-0.39, 0.29) is 16.8 Å². The summed E-state index contributed by atoms with van der Waals surface area (Å²) in [5.74, 6) is 0.242. The van der Waals surface area contributed by atoms with Gasteiger partial charge in [0, 0.05) is 21.7 Å². The number of anilines is 1. The first-order chi connectivity index (χ1) is 16.4. The first-order valence-electron chi connectivity index (χ1n) is 10.0. The fourth-order valence-electron chi connectivity index (χ4n) is 2.91. The van der Waals surface area contributed by atoms with Crippen molar-refractivity contribution >= 4 is 43.5 Å². The van der Waals surface area contributed by atoms with Crippen LogP contribution >= 0.6 is 15.9 Å². The van der Waals surface area contributed by atoms with E-state index in [9.17, 15) is 13.2 Å². The third-order valence-corrected chi connectivity index (χ3v) is 6.37. The molecule has 0 saturated carbocycles. The number of hydrogen-bond donors (Lipinski definition) is 1. The van der Waals surface area contributed by atoms with Gasteiger partial charge in [-0.2, -0.15) is 0 Å². The molecule has 1 N–H and O–H groups in total. The molecule has 0 fully saturated rings. The van der Waals surface area contributed by atoms with E-state index >= 15 is 0 Å². The molecule has 172 valence electrons. The van der Waals surface area contributed by atoms with Crippen LogP contribution in [0.1, 0.15) is 15.9 Å². The van der Waals surface area contributed by atoms with Gasteiger partial charge in [-0.05, 0) is 78.6 Å². The average molecular weight is 538 g/mol. The SMILES string of the molecule is O=C(Nc1ccc(S(=O)(=O)[N-]c2ncccn2)cc1)c1cccc(COc2ccc(Br)cc2)c1. The van der Waals surface area contributed by atoms with Gasteiger partial charge < -0.3 is 20.0 Å².